The third-order valence-electron chi connectivity index (χ3n) is 6.96. The summed E-state index contributed by atoms with van der Waals surface area (Å²) in [4.78, 5) is 18.9. The smallest absolute Gasteiger partial charge is 0.244 e. The minimum atomic E-state index is -3.91. The highest BCUT2D eigenvalue weighted by Gasteiger charge is 2.31. The Morgan fingerprint density at radius 2 is 1.98 bits per heavy atom. The van der Waals surface area contributed by atoms with Gasteiger partial charge in [0.15, 0.2) is 0 Å². The molecule has 3 heterocycles. The largest absolute Gasteiger partial charge is 0.439 e. The van der Waals surface area contributed by atoms with Crippen LogP contribution in [-0.2, 0) is 32.7 Å². The first-order chi connectivity index (χ1) is 19.2. The molecule has 1 aliphatic heterocycles. The maximum Gasteiger partial charge on any atom is 0.244 e. The Morgan fingerprint density at radius 3 is 2.67 bits per heavy atom. The van der Waals surface area contributed by atoms with Crippen molar-refractivity contribution in [3.8, 4) is 11.6 Å². The fourth-order valence-electron chi connectivity index (χ4n) is 4.47. The van der Waals surface area contributed by atoms with Gasteiger partial charge in [-0.05, 0) is 31.5 Å². The first-order valence-corrected chi connectivity index (χ1v) is 14.7. The lowest BCUT2D eigenvalue weighted by Gasteiger charge is -2.35. The third kappa shape index (κ3) is 7.22. The zero-order valence-corrected chi connectivity index (χ0v) is 23.8. The molecule has 1 amide bonds. The predicted octanol–water partition coefficient (Wildman–Crippen LogP) is 2.31. The average Bonchev–Trinajstić information content (AvgIpc) is 3.40. The number of nitrogens with zero attached hydrogens (tertiary/aromatic N) is 6. The Balaban J connectivity index is 1.52. The van der Waals surface area contributed by atoms with Gasteiger partial charge >= 0.3 is 0 Å². The molecule has 1 N–H and O–H groups in total. The number of pyridine rings is 1. The number of aromatic nitrogens is 4. The topological polar surface area (TPSA) is 140 Å². The number of amides is 1. The van der Waals surface area contributed by atoms with Crippen LogP contribution >= 0.6 is 0 Å². The van der Waals surface area contributed by atoms with Crippen LogP contribution < -0.4 is 4.74 Å². The van der Waals surface area contributed by atoms with Gasteiger partial charge in [-0.2, -0.15) is 4.31 Å². The summed E-state index contributed by atoms with van der Waals surface area (Å²) in [6.07, 6.45) is 3.18. The van der Waals surface area contributed by atoms with Gasteiger partial charge in [0.25, 0.3) is 0 Å². The molecule has 0 saturated carbocycles. The summed E-state index contributed by atoms with van der Waals surface area (Å²) in [6.45, 7) is 4.55. The van der Waals surface area contributed by atoms with Gasteiger partial charge in [0.2, 0.25) is 21.8 Å². The summed E-state index contributed by atoms with van der Waals surface area (Å²) in [5.74, 6) is 0.534. The van der Waals surface area contributed by atoms with Gasteiger partial charge in [-0.3, -0.25) is 4.79 Å². The van der Waals surface area contributed by atoms with Crippen molar-refractivity contribution in [2.75, 3.05) is 26.7 Å². The van der Waals surface area contributed by atoms with Crippen molar-refractivity contribution in [3.05, 3.63) is 60.6 Å². The van der Waals surface area contributed by atoms with Crippen molar-refractivity contribution in [1.29, 1.82) is 0 Å². The van der Waals surface area contributed by atoms with Crippen LogP contribution in [0.5, 0.6) is 11.6 Å². The van der Waals surface area contributed by atoms with E-state index in [1.165, 1.54) is 29.7 Å². The van der Waals surface area contributed by atoms with Crippen LogP contribution in [0.15, 0.2) is 59.8 Å². The molecule has 0 fully saturated rings. The second-order valence-electron chi connectivity index (χ2n) is 9.99. The quantitative estimate of drug-likeness (QED) is 0.431. The number of hydrogen-bond acceptors (Lipinski definition) is 9. The summed E-state index contributed by atoms with van der Waals surface area (Å²) >= 11 is 0. The van der Waals surface area contributed by atoms with Crippen molar-refractivity contribution >= 4 is 15.9 Å². The van der Waals surface area contributed by atoms with Gasteiger partial charge in [0.05, 0.1) is 43.4 Å². The molecular formula is C27H36N6O6S. The van der Waals surface area contributed by atoms with E-state index in [9.17, 15) is 18.3 Å². The van der Waals surface area contributed by atoms with Crippen molar-refractivity contribution in [1.82, 2.24) is 29.2 Å². The maximum atomic E-state index is 13.5. The number of hydrogen-bond donors (Lipinski definition) is 1. The van der Waals surface area contributed by atoms with Gasteiger partial charge in [-0.1, -0.05) is 30.3 Å². The Hall–Kier alpha value is -3.39. The van der Waals surface area contributed by atoms with Crippen LogP contribution in [0.4, 0.5) is 0 Å². The Bertz CT molecular complexity index is 1350. The fraction of sp³-hybridized carbons (Fsp3) is 0.481. The Kier molecular flexibility index (Phi) is 9.85. The molecule has 1 aliphatic rings. The number of carbonyl (C=O) groups is 1. The number of ether oxygens (including phenoxy) is 2. The summed E-state index contributed by atoms with van der Waals surface area (Å²) in [7, 11) is -2.42. The van der Waals surface area contributed by atoms with Crippen molar-refractivity contribution in [3.63, 3.8) is 0 Å². The number of likely N-dealkylation sites (N-methyl/N-ethyl adjacent to an activating group) is 1. The van der Waals surface area contributed by atoms with E-state index in [1.54, 1.807) is 34.8 Å². The summed E-state index contributed by atoms with van der Waals surface area (Å²) in [6, 6.07) is 11.7. The first-order valence-electron chi connectivity index (χ1n) is 13.2. The molecular weight excluding hydrogens is 536 g/mol. The number of aliphatic hydroxyl groups excluding tert-OH is 1. The lowest BCUT2D eigenvalue weighted by molar-refractivity contribution is -0.136. The van der Waals surface area contributed by atoms with Gasteiger partial charge in [-0.25, -0.2) is 18.1 Å². The van der Waals surface area contributed by atoms with Crippen LogP contribution in [0.2, 0.25) is 0 Å². The molecule has 4 rings (SSSR count). The molecule has 3 atom stereocenters. The molecule has 12 nitrogen and oxygen atoms in total. The normalized spacial score (nSPS) is 19.9. The standard InChI is InChI=1S/C27H36N6O6S/c1-20-16-32(21(2)18-34)27(35)10-7-13-33-22(14-29-30-33)19-38-25(20)17-31(3)40(36,37)24-11-12-26(28-15-24)39-23-8-5-4-6-9-23/h4-6,8-9,11-12,14-15,20-21,25,34H,7,10,13,16-19H2,1-3H3/t20-,21+,25+/m0/s1. The van der Waals surface area contributed by atoms with E-state index in [-0.39, 0.29) is 48.4 Å². The van der Waals surface area contributed by atoms with Gasteiger partial charge in [-0.15, -0.1) is 5.10 Å². The molecule has 13 heteroatoms. The lowest BCUT2D eigenvalue weighted by Crippen LogP contribution is -2.47. The van der Waals surface area contributed by atoms with E-state index in [0.717, 1.165) is 5.69 Å². The SMILES string of the molecule is C[C@H](CO)N1C[C@H](C)[C@@H](CN(C)S(=O)(=O)c2ccc(Oc3ccccc3)nc2)OCc2cnnn2CCCC1=O. The molecule has 0 spiro atoms. The summed E-state index contributed by atoms with van der Waals surface area (Å²) in [5.41, 5.74) is 0.745. The monoisotopic (exact) mass is 572 g/mol. The number of aryl methyl sites for hydroxylation is 1. The molecule has 0 saturated heterocycles. The van der Waals surface area contributed by atoms with Gasteiger partial charge < -0.3 is 19.5 Å². The van der Waals surface area contributed by atoms with E-state index >= 15 is 0 Å². The van der Waals surface area contributed by atoms with E-state index < -0.39 is 16.1 Å². The summed E-state index contributed by atoms with van der Waals surface area (Å²) < 4.78 is 41.8. The number of benzene rings is 1. The number of sulfonamides is 1. The van der Waals surface area contributed by atoms with E-state index in [0.29, 0.717) is 31.7 Å². The molecule has 3 aromatic rings. The van der Waals surface area contributed by atoms with Crippen LogP contribution in [0.1, 0.15) is 32.4 Å². The van der Waals surface area contributed by atoms with Crippen LogP contribution in [0, 0.1) is 5.92 Å². The van der Waals surface area contributed by atoms with Crippen molar-refractivity contribution < 1.29 is 27.8 Å². The maximum absolute atomic E-state index is 13.5. The highest BCUT2D eigenvalue weighted by atomic mass is 32.2. The van der Waals surface area contributed by atoms with Crippen LogP contribution in [0.3, 0.4) is 0 Å². The predicted molar refractivity (Wildman–Crippen MR) is 146 cm³/mol. The summed E-state index contributed by atoms with van der Waals surface area (Å²) in [5, 5.41) is 17.8. The third-order valence-corrected chi connectivity index (χ3v) is 8.77. The number of aliphatic hydroxyl groups is 1. The molecule has 1 aromatic carbocycles. The highest BCUT2D eigenvalue weighted by molar-refractivity contribution is 7.89. The minimum Gasteiger partial charge on any atom is -0.439 e. The molecule has 40 heavy (non-hydrogen) atoms. The van der Waals surface area contributed by atoms with Crippen LogP contribution in [-0.4, -0.2) is 87.5 Å². The molecule has 0 unspecified atom stereocenters. The molecule has 2 aromatic heterocycles. The molecule has 0 aliphatic carbocycles. The number of fused-ring (bicyclic) bond motifs is 1. The lowest BCUT2D eigenvalue weighted by atomic mass is 10.0. The van der Waals surface area contributed by atoms with Gasteiger partial charge in [0.1, 0.15) is 10.6 Å². The Labute approximate surface area is 234 Å². The van der Waals surface area contributed by atoms with E-state index in [1.807, 2.05) is 25.1 Å². The zero-order valence-electron chi connectivity index (χ0n) is 23.0. The molecule has 216 valence electrons. The number of para-hydroxylation sites is 1. The van der Waals surface area contributed by atoms with Crippen molar-refractivity contribution in [2.45, 2.75) is 56.9 Å². The minimum absolute atomic E-state index is 0.0178. The van der Waals surface area contributed by atoms with Crippen molar-refractivity contribution in [2.24, 2.45) is 5.92 Å². The highest BCUT2D eigenvalue weighted by Crippen LogP contribution is 2.23. The Morgan fingerprint density at radius 1 is 1.20 bits per heavy atom. The van der Waals surface area contributed by atoms with Gasteiger partial charge in [0, 0.05) is 45.1 Å². The fourth-order valence-corrected chi connectivity index (χ4v) is 5.60. The number of carbonyl (C=O) groups excluding carboxylic acids is 1. The zero-order chi connectivity index (χ0) is 28.7. The second-order valence-corrected chi connectivity index (χ2v) is 12.0. The van der Waals surface area contributed by atoms with Crippen LogP contribution in [0.25, 0.3) is 0 Å². The number of rotatable bonds is 8. The molecule has 0 radical (unpaired) electrons. The van der Waals surface area contributed by atoms with E-state index in [2.05, 4.69) is 15.3 Å². The average molecular weight is 573 g/mol. The second kappa shape index (κ2) is 13.3. The molecule has 0 bridgehead atoms. The first kappa shape index (κ1) is 29.6. The van der Waals surface area contributed by atoms with E-state index in [4.69, 9.17) is 9.47 Å².